The predicted molar refractivity (Wildman–Crippen MR) is 123 cm³/mol. The molecule has 0 saturated heterocycles. The van der Waals surface area contributed by atoms with Gasteiger partial charge in [0.2, 0.25) is 5.91 Å². The summed E-state index contributed by atoms with van der Waals surface area (Å²) in [5, 5.41) is 3.10. The molecule has 0 radical (unpaired) electrons. The zero-order valence-electron chi connectivity index (χ0n) is 18.0. The van der Waals surface area contributed by atoms with Crippen LogP contribution in [-0.2, 0) is 16.1 Å². The molecule has 1 saturated carbocycles. The van der Waals surface area contributed by atoms with E-state index in [4.69, 9.17) is 9.47 Å². The number of hydrogen-bond donors (Lipinski definition) is 1. The lowest BCUT2D eigenvalue weighted by molar-refractivity contribution is -0.142. The van der Waals surface area contributed by atoms with Crippen molar-refractivity contribution in [1.29, 1.82) is 0 Å². The Kier molecular flexibility index (Phi) is 8.35. The largest absolute Gasteiger partial charge is 0.493 e. The Labute approximate surface area is 192 Å². The second-order valence-electron chi connectivity index (χ2n) is 7.76. The van der Waals surface area contributed by atoms with Crippen molar-refractivity contribution < 1.29 is 19.1 Å². The molecule has 6 nitrogen and oxygen atoms in total. The van der Waals surface area contributed by atoms with Gasteiger partial charge in [0.05, 0.1) is 7.11 Å². The van der Waals surface area contributed by atoms with Gasteiger partial charge in [0, 0.05) is 17.1 Å². The van der Waals surface area contributed by atoms with Crippen molar-refractivity contribution in [3.63, 3.8) is 0 Å². The lowest BCUT2D eigenvalue weighted by Gasteiger charge is -2.29. The lowest BCUT2D eigenvalue weighted by atomic mass is 10.1. The highest BCUT2D eigenvalue weighted by molar-refractivity contribution is 9.10. The van der Waals surface area contributed by atoms with Crippen molar-refractivity contribution in [2.75, 3.05) is 13.7 Å². The highest BCUT2D eigenvalue weighted by Gasteiger charge is 2.29. The summed E-state index contributed by atoms with van der Waals surface area (Å²) in [7, 11) is 1.55. The van der Waals surface area contributed by atoms with Crippen LogP contribution in [0, 0.1) is 0 Å². The van der Waals surface area contributed by atoms with Gasteiger partial charge in [-0.2, -0.15) is 0 Å². The van der Waals surface area contributed by atoms with Crippen molar-refractivity contribution in [2.45, 2.75) is 51.2 Å². The minimum absolute atomic E-state index is 0.132. The van der Waals surface area contributed by atoms with Crippen LogP contribution in [-0.4, -0.2) is 42.5 Å². The van der Waals surface area contributed by atoms with Gasteiger partial charge in [-0.1, -0.05) is 53.0 Å². The van der Waals surface area contributed by atoms with E-state index in [1.165, 1.54) is 0 Å². The van der Waals surface area contributed by atoms with E-state index >= 15 is 0 Å². The number of halogens is 1. The Bertz CT molecular complexity index is 899. The fourth-order valence-corrected chi connectivity index (χ4v) is 4.21. The summed E-state index contributed by atoms with van der Waals surface area (Å²) >= 11 is 3.47. The summed E-state index contributed by atoms with van der Waals surface area (Å²) in [6, 6.07) is 14.5. The van der Waals surface area contributed by atoms with Gasteiger partial charge >= 0.3 is 0 Å². The third-order valence-corrected chi connectivity index (χ3v) is 6.02. The Hall–Kier alpha value is -2.54. The summed E-state index contributed by atoms with van der Waals surface area (Å²) in [4.78, 5) is 27.6. The zero-order valence-corrected chi connectivity index (χ0v) is 19.6. The van der Waals surface area contributed by atoms with E-state index in [9.17, 15) is 9.59 Å². The molecule has 1 aliphatic rings. The number of benzene rings is 2. The number of carbonyl (C=O) groups is 2. The molecule has 1 N–H and O–H groups in total. The summed E-state index contributed by atoms with van der Waals surface area (Å²) in [6.45, 7) is 1.89. The van der Waals surface area contributed by atoms with Gasteiger partial charge in [-0.15, -0.1) is 0 Å². The average Bonchev–Trinajstić information content (AvgIpc) is 3.28. The molecule has 1 unspecified atom stereocenters. The van der Waals surface area contributed by atoms with Crippen LogP contribution in [0.1, 0.15) is 38.2 Å². The van der Waals surface area contributed by atoms with Gasteiger partial charge in [-0.05, 0) is 49.6 Å². The summed E-state index contributed by atoms with van der Waals surface area (Å²) in [5.74, 6) is 0.650. The van der Waals surface area contributed by atoms with Crippen LogP contribution in [0.15, 0.2) is 53.0 Å². The molecule has 166 valence electrons. The summed E-state index contributed by atoms with van der Waals surface area (Å²) < 4.78 is 11.9. The fraction of sp³-hybridized carbons (Fsp3) is 0.417. The van der Waals surface area contributed by atoms with E-state index < -0.39 is 6.04 Å². The van der Waals surface area contributed by atoms with E-state index in [0.717, 1.165) is 35.7 Å². The van der Waals surface area contributed by atoms with Gasteiger partial charge in [-0.25, -0.2) is 0 Å². The van der Waals surface area contributed by atoms with Gasteiger partial charge in [0.15, 0.2) is 18.1 Å². The van der Waals surface area contributed by atoms with Crippen LogP contribution in [0.3, 0.4) is 0 Å². The van der Waals surface area contributed by atoms with Crippen molar-refractivity contribution in [1.82, 2.24) is 10.2 Å². The molecular weight excluding hydrogens is 460 g/mol. The average molecular weight is 489 g/mol. The quantitative estimate of drug-likeness (QED) is 0.570. The first-order chi connectivity index (χ1) is 15.0. The zero-order chi connectivity index (χ0) is 22.2. The smallest absolute Gasteiger partial charge is 0.261 e. The molecule has 1 fully saturated rings. The Morgan fingerprint density at radius 3 is 2.52 bits per heavy atom. The monoisotopic (exact) mass is 488 g/mol. The van der Waals surface area contributed by atoms with Crippen LogP contribution in [0.25, 0.3) is 0 Å². The van der Waals surface area contributed by atoms with Crippen LogP contribution in [0.2, 0.25) is 0 Å². The Balaban J connectivity index is 1.73. The topological polar surface area (TPSA) is 67.9 Å². The molecule has 1 atom stereocenters. The molecule has 2 amide bonds. The molecule has 7 heteroatoms. The van der Waals surface area contributed by atoms with Crippen LogP contribution >= 0.6 is 15.9 Å². The molecule has 0 aromatic heterocycles. The molecule has 0 aliphatic heterocycles. The minimum atomic E-state index is -0.617. The summed E-state index contributed by atoms with van der Waals surface area (Å²) in [5.41, 5.74) is 0.931. The third kappa shape index (κ3) is 6.47. The van der Waals surface area contributed by atoms with Crippen LogP contribution < -0.4 is 14.8 Å². The standard InChI is InChI=1S/C24H29BrN2O4/c1-17(24(29)26-20-10-3-4-11-20)27(15-18-8-7-9-19(25)14-18)23(28)16-31-22-13-6-5-12-21(22)30-2/h5-9,12-14,17,20H,3-4,10-11,15-16H2,1-2H3,(H,26,29). The highest BCUT2D eigenvalue weighted by atomic mass is 79.9. The van der Waals surface area contributed by atoms with E-state index in [0.29, 0.717) is 18.0 Å². The van der Waals surface area contributed by atoms with E-state index in [1.807, 2.05) is 36.4 Å². The predicted octanol–water partition coefficient (Wildman–Crippen LogP) is 4.31. The molecule has 31 heavy (non-hydrogen) atoms. The van der Waals surface area contributed by atoms with Crippen LogP contribution in [0.4, 0.5) is 0 Å². The first-order valence-electron chi connectivity index (χ1n) is 10.6. The SMILES string of the molecule is COc1ccccc1OCC(=O)N(Cc1cccc(Br)c1)C(C)C(=O)NC1CCCC1. The number of methoxy groups -OCH3 is 1. The van der Waals surface area contributed by atoms with Crippen molar-refractivity contribution in [3.05, 3.63) is 58.6 Å². The van der Waals surface area contributed by atoms with E-state index in [-0.39, 0.29) is 24.5 Å². The van der Waals surface area contributed by atoms with E-state index in [1.54, 1.807) is 31.1 Å². The summed E-state index contributed by atoms with van der Waals surface area (Å²) in [6.07, 6.45) is 4.25. The van der Waals surface area contributed by atoms with Crippen molar-refractivity contribution in [2.24, 2.45) is 0 Å². The Morgan fingerprint density at radius 2 is 1.84 bits per heavy atom. The molecule has 2 aromatic carbocycles. The second-order valence-corrected chi connectivity index (χ2v) is 8.67. The first kappa shape index (κ1) is 23.1. The maximum atomic E-state index is 13.2. The second kappa shape index (κ2) is 11.2. The lowest BCUT2D eigenvalue weighted by Crippen LogP contribution is -2.50. The Morgan fingerprint density at radius 1 is 1.13 bits per heavy atom. The van der Waals surface area contributed by atoms with Gasteiger partial charge < -0.3 is 19.7 Å². The molecule has 2 aromatic rings. The highest BCUT2D eigenvalue weighted by Crippen LogP contribution is 2.26. The number of nitrogens with one attached hydrogen (secondary N) is 1. The molecular formula is C24H29BrN2O4. The molecule has 0 spiro atoms. The number of para-hydroxylation sites is 2. The third-order valence-electron chi connectivity index (χ3n) is 5.53. The number of rotatable bonds is 9. The fourth-order valence-electron chi connectivity index (χ4n) is 3.77. The van der Waals surface area contributed by atoms with E-state index in [2.05, 4.69) is 21.2 Å². The van der Waals surface area contributed by atoms with Crippen LogP contribution in [0.5, 0.6) is 11.5 Å². The number of hydrogen-bond acceptors (Lipinski definition) is 4. The number of ether oxygens (including phenoxy) is 2. The van der Waals surface area contributed by atoms with Gasteiger partial charge in [0.1, 0.15) is 6.04 Å². The molecule has 0 bridgehead atoms. The number of nitrogens with zero attached hydrogens (tertiary/aromatic N) is 1. The van der Waals surface area contributed by atoms with Crippen molar-refractivity contribution in [3.8, 4) is 11.5 Å². The number of amides is 2. The molecule has 1 aliphatic carbocycles. The molecule has 3 rings (SSSR count). The maximum absolute atomic E-state index is 13.2. The first-order valence-corrected chi connectivity index (χ1v) is 11.4. The normalized spacial score (nSPS) is 14.7. The maximum Gasteiger partial charge on any atom is 0.261 e. The minimum Gasteiger partial charge on any atom is -0.493 e. The number of carbonyl (C=O) groups excluding carboxylic acids is 2. The van der Waals surface area contributed by atoms with Gasteiger partial charge in [-0.3, -0.25) is 9.59 Å². The van der Waals surface area contributed by atoms with Gasteiger partial charge in [0.25, 0.3) is 5.91 Å². The molecule has 0 heterocycles. The van der Waals surface area contributed by atoms with Crippen molar-refractivity contribution >= 4 is 27.7 Å².